The van der Waals surface area contributed by atoms with E-state index in [0.29, 0.717) is 11.6 Å². The van der Waals surface area contributed by atoms with Crippen molar-refractivity contribution in [1.29, 1.82) is 0 Å². The molecule has 0 fully saturated rings. The molecule has 2 heterocycles. The molecule has 4 heteroatoms. The molecule has 0 radical (unpaired) electrons. The first-order chi connectivity index (χ1) is 16.9. The average Bonchev–Trinajstić information content (AvgIpc) is 3.19. The first-order valence-electron chi connectivity index (χ1n) is 12.7. The van der Waals surface area contributed by atoms with Crippen molar-refractivity contribution < 1.29 is 8.98 Å². The van der Waals surface area contributed by atoms with Crippen LogP contribution in [0.2, 0.25) is 19.6 Å². The van der Waals surface area contributed by atoms with E-state index in [0.717, 1.165) is 33.1 Å². The number of hydrogen-bond acceptors (Lipinski definition) is 1. The standard InChI is InChI=1S/C32H35N2OSi/c1-18(2)25-17-29(34(7)28-16-22(36(8,9)10)11-12-23(25)28)30-20(4)19(3)15-26-24-13-14-27(33-6)21(5)31(24)35-32(26)30/h11-18H,1-5,7-10H3/q+1. The second-order valence-corrected chi connectivity index (χ2v) is 16.6. The molecule has 2 aromatic heterocycles. The maximum atomic E-state index is 7.55. The number of fused-ring (bicyclic) bond motifs is 4. The average molecular weight is 492 g/mol. The zero-order chi connectivity index (χ0) is 26.1. The number of furan rings is 1. The zero-order valence-electron chi connectivity index (χ0n) is 22.9. The Hall–Kier alpha value is -3.42. The van der Waals surface area contributed by atoms with E-state index in [9.17, 15) is 0 Å². The van der Waals surface area contributed by atoms with Crippen LogP contribution in [0.4, 0.5) is 5.69 Å². The molecule has 0 amide bonds. The van der Waals surface area contributed by atoms with Gasteiger partial charge in [0.25, 0.3) is 0 Å². The van der Waals surface area contributed by atoms with Crippen LogP contribution in [0.5, 0.6) is 0 Å². The van der Waals surface area contributed by atoms with Crippen molar-refractivity contribution in [1.82, 2.24) is 0 Å². The van der Waals surface area contributed by atoms with Crippen LogP contribution >= 0.6 is 0 Å². The van der Waals surface area contributed by atoms with E-state index < -0.39 is 8.07 Å². The minimum atomic E-state index is -1.47. The van der Waals surface area contributed by atoms with Gasteiger partial charge in [0.15, 0.2) is 5.69 Å². The Morgan fingerprint density at radius 3 is 2.19 bits per heavy atom. The summed E-state index contributed by atoms with van der Waals surface area (Å²) >= 11 is 0. The van der Waals surface area contributed by atoms with Crippen LogP contribution in [0.15, 0.2) is 46.9 Å². The molecule has 0 aliphatic rings. The molecule has 0 saturated heterocycles. The van der Waals surface area contributed by atoms with Crippen molar-refractivity contribution in [3.8, 4) is 11.3 Å². The third-order valence-electron chi connectivity index (χ3n) is 7.86. The first kappa shape index (κ1) is 24.3. The Labute approximate surface area is 215 Å². The van der Waals surface area contributed by atoms with Gasteiger partial charge in [0.1, 0.15) is 18.2 Å². The Morgan fingerprint density at radius 1 is 0.861 bits per heavy atom. The Balaban J connectivity index is 1.95. The minimum absolute atomic E-state index is 0.393. The molecule has 0 atom stereocenters. The van der Waals surface area contributed by atoms with Crippen molar-refractivity contribution in [2.24, 2.45) is 7.05 Å². The van der Waals surface area contributed by atoms with E-state index in [1.165, 1.54) is 38.5 Å². The van der Waals surface area contributed by atoms with Crippen LogP contribution in [0, 0.1) is 27.3 Å². The fraction of sp³-hybridized carbons (Fsp3) is 0.312. The summed E-state index contributed by atoms with van der Waals surface area (Å²) in [4.78, 5) is 3.70. The van der Waals surface area contributed by atoms with Gasteiger partial charge in [-0.15, -0.1) is 0 Å². The van der Waals surface area contributed by atoms with Gasteiger partial charge in [0, 0.05) is 28.3 Å². The number of pyridine rings is 1. The van der Waals surface area contributed by atoms with Crippen LogP contribution in [0.1, 0.15) is 42.0 Å². The summed E-state index contributed by atoms with van der Waals surface area (Å²) in [6.45, 7) is 25.7. The van der Waals surface area contributed by atoms with Gasteiger partial charge in [-0.25, -0.2) is 4.85 Å². The van der Waals surface area contributed by atoms with Crippen molar-refractivity contribution in [2.45, 2.75) is 60.2 Å². The predicted octanol–water partition coefficient (Wildman–Crippen LogP) is 8.38. The maximum absolute atomic E-state index is 7.55. The third-order valence-corrected chi connectivity index (χ3v) is 9.90. The van der Waals surface area contributed by atoms with Gasteiger partial charge in [0.2, 0.25) is 11.2 Å². The summed E-state index contributed by atoms with van der Waals surface area (Å²) in [6, 6.07) is 15.7. The molecule has 0 aliphatic heterocycles. The molecule has 0 bridgehead atoms. The molecule has 0 unspecified atom stereocenters. The molecule has 3 aromatic carbocycles. The van der Waals surface area contributed by atoms with Gasteiger partial charge in [-0.05, 0) is 61.1 Å². The summed E-state index contributed by atoms with van der Waals surface area (Å²) in [6.07, 6.45) is 0. The van der Waals surface area contributed by atoms with E-state index >= 15 is 0 Å². The van der Waals surface area contributed by atoms with Crippen LogP contribution in [-0.2, 0) is 7.05 Å². The molecule has 0 saturated carbocycles. The third kappa shape index (κ3) is 3.57. The molecule has 0 N–H and O–H groups in total. The maximum Gasteiger partial charge on any atom is 0.217 e. The topological polar surface area (TPSA) is 21.4 Å². The van der Waals surface area contributed by atoms with E-state index in [4.69, 9.17) is 11.0 Å². The number of hydrogen-bond donors (Lipinski definition) is 0. The molecular formula is C32H35N2OSi+. The molecule has 0 aliphatic carbocycles. The van der Waals surface area contributed by atoms with Crippen molar-refractivity contribution >= 4 is 51.8 Å². The number of rotatable bonds is 3. The highest BCUT2D eigenvalue weighted by molar-refractivity contribution is 6.88. The normalized spacial score (nSPS) is 12.2. The van der Waals surface area contributed by atoms with E-state index in [-0.39, 0.29) is 0 Å². The van der Waals surface area contributed by atoms with Crippen molar-refractivity contribution in [3.63, 3.8) is 0 Å². The molecule has 182 valence electrons. The fourth-order valence-corrected chi connectivity index (χ4v) is 6.60. The summed E-state index contributed by atoms with van der Waals surface area (Å²) in [5.74, 6) is 0.393. The lowest BCUT2D eigenvalue weighted by atomic mass is 9.92. The summed E-state index contributed by atoms with van der Waals surface area (Å²) in [5, 5.41) is 4.98. The number of aryl methyl sites for hydroxylation is 3. The van der Waals surface area contributed by atoms with Gasteiger partial charge in [-0.1, -0.05) is 56.9 Å². The zero-order valence-corrected chi connectivity index (χ0v) is 23.9. The molecule has 36 heavy (non-hydrogen) atoms. The highest BCUT2D eigenvalue weighted by Crippen LogP contribution is 2.42. The van der Waals surface area contributed by atoms with E-state index in [2.05, 4.69) is 94.1 Å². The second kappa shape index (κ2) is 8.32. The van der Waals surface area contributed by atoms with Crippen LogP contribution < -0.4 is 9.75 Å². The highest BCUT2D eigenvalue weighted by atomic mass is 28.3. The van der Waals surface area contributed by atoms with Gasteiger partial charge in [-0.2, -0.15) is 4.57 Å². The van der Waals surface area contributed by atoms with Gasteiger partial charge < -0.3 is 4.42 Å². The second-order valence-electron chi connectivity index (χ2n) is 11.6. The number of benzene rings is 3. The minimum Gasteiger partial charge on any atom is -0.456 e. The van der Waals surface area contributed by atoms with Gasteiger partial charge in [-0.3, -0.25) is 0 Å². The molecular weight excluding hydrogens is 456 g/mol. The SMILES string of the molecule is [C-]#[N+]c1ccc2c(oc3c(-c4cc(C(C)C)c5ccc([Si](C)(C)C)cc5[n+]4C)c(C)c(C)cc32)c1C. The predicted molar refractivity (Wildman–Crippen MR) is 155 cm³/mol. The number of nitrogens with zero attached hydrogens (tertiary/aromatic N) is 2. The first-order valence-corrected chi connectivity index (χ1v) is 16.2. The quantitative estimate of drug-likeness (QED) is 0.141. The lowest BCUT2D eigenvalue weighted by Crippen LogP contribution is -2.40. The Kier molecular flexibility index (Phi) is 5.61. The lowest BCUT2D eigenvalue weighted by molar-refractivity contribution is -0.633. The fourth-order valence-electron chi connectivity index (χ4n) is 5.44. The van der Waals surface area contributed by atoms with E-state index in [1.807, 2.05) is 19.1 Å². The van der Waals surface area contributed by atoms with Crippen molar-refractivity contribution in [3.05, 3.63) is 76.1 Å². The molecule has 0 spiro atoms. The largest absolute Gasteiger partial charge is 0.456 e. The monoisotopic (exact) mass is 491 g/mol. The number of aromatic nitrogens is 1. The molecule has 5 rings (SSSR count). The molecule has 5 aromatic rings. The van der Waals surface area contributed by atoms with Crippen molar-refractivity contribution in [2.75, 3.05) is 0 Å². The molecule has 3 nitrogen and oxygen atoms in total. The lowest BCUT2D eigenvalue weighted by Gasteiger charge is -2.19. The summed E-state index contributed by atoms with van der Waals surface area (Å²) in [5.41, 5.74) is 10.7. The Morgan fingerprint density at radius 2 is 1.56 bits per heavy atom. The van der Waals surface area contributed by atoms with Crippen LogP contribution in [0.25, 0.3) is 48.9 Å². The van der Waals surface area contributed by atoms with Gasteiger partial charge >= 0.3 is 0 Å². The van der Waals surface area contributed by atoms with E-state index in [1.54, 1.807) is 0 Å². The van der Waals surface area contributed by atoms with Crippen LogP contribution in [0.3, 0.4) is 0 Å². The van der Waals surface area contributed by atoms with Gasteiger partial charge in [0.05, 0.1) is 20.2 Å². The summed E-state index contributed by atoms with van der Waals surface area (Å²) < 4.78 is 9.00. The smallest absolute Gasteiger partial charge is 0.217 e. The summed E-state index contributed by atoms with van der Waals surface area (Å²) in [7, 11) is 0.717. The van der Waals surface area contributed by atoms with Crippen LogP contribution in [-0.4, -0.2) is 8.07 Å². The highest BCUT2D eigenvalue weighted by Gasteiger charge is 2.27. The Bertz CT molecular complexity index is 1740.